The van der Waals surface area contributed by atoms with Crippen molar-refractivity contribution in [3.05, 3.63) is 91.9 Å². The Kier molecular flexibility index (Phi) is 7.37. The van der Waals surface area contributed by atoms with Gasteiger partial charge in [-0.2, -0.15) is 0 Å². The van der Waals surface area contributed by atoms with E-state index < -0.39 is 17.8 Å². The molecule has 178 valence electrons. The molecule has 3 aromatic carbocycles. The van der Waals surface area contributed by atoms with Crippen LogP contribution in [-0.4, -0.2) is 25.0 Å². The van der Waals surface area contributed by atoms with Crippen LogP contribution in [0.25, 0.3) is 6.08 Å². The number of imide groups is 2. The number of hydrogen-bond donors (Lipinski definition) is 1. The zero-order valence-corrected chi connectivity index (χ0v) is 22.0. The van der Waals surface area contributed by atoms with E-state index in [1.165, 1.54) is 13.2 Å². The van der Waals surface area contributed by atoms with Crippen LogP contribution >= 0.6 is 31.9 Å². The summed E-state index contributed by atoms with van der Waals surface area (Å²) in [4.78, 5) is 38.9. The van der Waals surface area contributed by atoms with E-state index >= 15 is 0 Å². The van der Waals surface area contributed by atoms with Crippen molar-refractivity contribution in [2.75, 3.05) is 12.0 Å². The van der Waals surface area contributed by atoms with E-state index in [1.807, 2.05) is 25.1 Å². The molecule has 3 aromatic rings. The SMILES string of the molecule is COc1cc(/C=C2\C(=O)NC(=O)N(c3ccc(C)cc3)C2=O)ccc1OCc1ccc(Br)cc1Br. The van der Waals surface area contributed by atoms with Crippen LogP contribution in [0.2, 0.25) is 0 Å². The monoisotopic (exact) mass is 598 g/mol. The number of nitrogens with one attached hydrogen (secondary N) is 1. The molecule has 4 rings (SSSR count). The first-order chi connectivity index (χ1) is 16.8. The number of anilines is 1. The fourth-order valence-corrected chi connectivity index (χ4v) is 4.60. The molecule has 35 heavy (non-hydrogen) atoms. The van der Waals surface area contributed by atoms with E-state index in [0.29, 0.717) is 29.4 Å². The molecule has 1 aliphatic heterocycles. The topological polar surface area (TPSA) is 84.9 Å². The maximum absolute atomic E-state index is 13.1. The molecule has 1 heterocycles. The Morgan fingerprint density at radius 1 is 0.943 bits per heavy atom. The van der Waals surface area contributed by atoms with Gasteiger partial charge in [0.2, 0.25) is 0 Å². The number of urea groups is 1. The van der Waals surface area contributed by atoms with Crippen molar-refractivity contribution < 1.29 is 23.9 Å². The van der Waals surface area contributed by atoms with Crippen LogP contribution in [0.5, 0.6) is 11.5 Å². The van der Waals surface area contributed by atoms with Gasteiger partial charge in [0, 0.05) is 14.5 Å². The average Bonchev–Trinajstić information content (AvgIpc) is 2.82. The summed E-state index contributed by atoms with van der Waals surface area (Å²) in [6.07, 6.45) is 1.42. The van der Waals surface area contributed by atoms with E-state index in [9.17, 15) is 14.4 Å². The lowest BCUT2D eigenvalue weighted by Gasteiger charge is -2.26. The zero-order valence-electron chi connectivity index (χ0n) is 18.8. The third-order valence-electron chi connectivity index (χ3n) is 5.29. The number of methoxy groups -OCH3 is 1. The van der Waals surface area contributed by atoms with E-state index in [4.69, 9.17) is 9.47 Å². The lowest BCUT2D eigenvalue weighted by molar-refractivity contribution is -0.122. The summed E-state index contributed by atoms with van der Waals surface area (Å²) in [5.74, 6) is -0.534. The predicted octanol–water partition coefficient (Wildman–Crippen LogP) is 5.77. The van der Waals surface area contributed by atoms with Gasteiger partial charge in [0.1, 0.15) is 12.2 Å². The second-order valence-corrected chi connectivity index (χ2v) is 9.50. The van der Waals surface area contributed by atoms with Crippen LogP contribution in [0.1, 0.15) is 16.7 Å². The lowest BCUT2D eigenvalue weighted by atomic mass is 10.1. The van der Waals surface area contributed by atoms with Gasteiger partial charge in [-0.1, -0.05) is 61.7 Å². The first kappa shape index (κ1) is 24.7. The smallest absolute Gasteiger partial charge is 0.335 e. The number of benzene rings is 3. The molecule has 0 aliphatic carbocycles. The van der Waals surface area contributed by atoms with Gasteiger partial charge in [-0.25, -0.2) is 9.69 Å². The van der Waals surface area contributed by atoms with Gasteiger partial charge in [-0.15, -0.1) is 0 Å². The highest BCUT2D eigenvalue weighted by atomic mass is 79.9. The quantitative estimate of drug-likeness (QED) is 0.287. The van der Waals surface area contributed by atoms with E-state index in [-0.39, 0.29) is 5.57 Å². The Balaban J connectivity index is 1.59. The fourth-order valence-electron chi connectivity index (χ4n) is 3.44. The molecule has 0 atom stereocenters. The molecule has 9 heteroatoms. The second-order valence-electron chi connectivity index (χ2n) is 7.73. The standard InChI is InChI=1S/C26H20Br2N2O5/c1-15-3-8-19(9-4-15)30-25(32)20(24(31)29-26(30)33)11-16-5-10-22(23(12-16)34-2)35-14-17-6-7-18(27)13-21(17)28/h3-13H,14H2,1-2H3,(H,29,31,33)/b20-11+. The maximum Gasteiger partial charge on any atom is 0.335 e. The van der Waals surface area contributed by atoms with Crippen molar-refractivity contribution in [2.45, 2.75) is 13.5 Å². The van der Waals surface area contributed by atoms with Crippen molar-refractivity contribution in [3.8, 4) is 11.5 Å². The fraction of sp³-hybridized carbons (Fsp3) is 0.115. The summed E-state index contributed by atoms with van der Waals surface area (Å²) in [5.41, 5.74) is 2.67. The number of barbiturate groups is 1. The molecule has 1 saturated heterocycles. The molecular formula is C26H20Br2N2O5. The minimum atomic E-state index is -0.790. The molecule has 0 aromatic heterocycles. The number of nitrogens with zero attached hydrogens (tertiary/aromatic N) is 1. The number of amides is 4. The number of aryl methyl sites for hydroxylation is 1. The Bertz CT molecular complexity index is 1350. The number of hydrogen-bond acceptors (Lipinski definition) is 5. The van der Waals surface area contributed by atoms with Crippen LogP contribution in [0.3, 0.4) is 0 Å². The van der Waals surface area contributed by atoms with Crippen molar-refractivity contribution in [3.63, 3.8) is 0 Å². The molecule has 0 bridgehead atoms. The largest absolute Gasteiger partial charge is 0.493 e. The van der Waals surface area contributed by atoms with Gasteiger partial charge < -0.3 is 9.47 Å². The molecule has 4 amide bonds. The number of carbonyl (C=O) groups excluding carboxylic acids is 3. The highest BCUT2D eigenvalue weighted by Crippen LogP contribution is 2.31. The van der Waals surface area contributed by atoms with Crippen molar-refractivity contribution >= 4 is 61.5 Å². The summed E-state index contributed by atoms with van der Waals surface area (Å²) >= 11 is 6.94. The van der Waals surface area contributed by atoms with Gasteiger partial charge in [-0.05, 0) is 55.0 Å². The minimum Gasteiger partial charge on any atom is -0.493 e. The first-order valence-corrected chi connectivity index (χ1v) is 12.1. The molecular weight excluding hydrogens is 580 g/mol. The van der Waals surface area contributed by atoms with Crippen molar-refractivity contribution in [1.29, 1.82) is 0 Å². The predicted molar refractivity (Wildman–Crippen MR) is 139 cm³/mol. The van der Waals surface area contributed by atoms with E-state index in [0.717, 1.165) is 25.0 Å². The van der Waals surface area contributed by atoms with Gasteiger partial charge in [0.25, 0.3) is 11.8 Å². The Labute approximate surface area is 219 Å². The average molecular weight is 600 g/mol. The van der Waals surface area contributed by atoms with Crippen LogP contribution in [0.15, 0.2) is 75.2 Å². The minimum absolute atomic E-state index is 0.167. The van der Waals surface area contributed by atoms with Crippen molar-refractivity contribution in [1.82, 2.24) is 5.32 Å². The summed E-state index contributed by atoms with van der Waals surface area (Å²) in [6.45, 7) is 2.20. The maximum atomic E-state index is 13.1. The molecule has 0 radical (unpaired) electrons. The van der Waals surface area contributed by atoms with Crippen LogP contribution in [0.4, 0.5) is 10.5 Å². The van der Waals surface area contributed by atoms with Gasteiger partial charge in [0.15, 0.2) is 11.5 Å². The molecule has 1 aliphatic rings. The van der Waals surface area contributed by atoms with E-state index in [2.05, 4.69) is 37.2 Å². The highest BCUT2D eigenvalue weighted by molar-refractivity contribution is 9.11. The number of halogens is 2. The zero-order chi connectivity index (χ0) is 25.1. The Morgan fingerprint density at radius 3 is 2.37 bits per heavy atom. The molecule has 0 unspecified atom stereocenters. The van der Waals surface area contributed by atoms with Gasteiger partial charge in [0.05, 0.1) is 12.8 Å². The van der Waals surface area contributed by atoms with Crippen molar-refractivity contribution in [2.24, 2.45) is 0 Å². The third kappa shape index (κ3) is 5.47. The summed E-state index contributed by atoms with van der Waals surface area (Å²) in [6, 6.07) is 16.9. The normalized spacial score (nSPS) is 14.8. The first-order valence-electron chi connectivity index (χ1n) is 10.5. The highest BCUT2D eigenvalue weighted by Gasteiger charge is 2.36. The molecule has 1 N–H and O–H groups in total. The Morgan fingerprint density at radius 2 is 1.69 bits per heavy atom. The molecule has 0 saturated carbocycles. The van der Waals surface area contributed by atoms with Gasteiger partial charge in [-0.3, -0.25) is 14.9 Å². The lowest BCUT2D eigenvalue weighted by Crippen LogP contribution is -2.54. The number of carbonyl (C=O) groups is 3. The summed E-state index contributed by atoms with van der Waals surface area (Å²) in [7, 11) is 1.50. The van der Waals surface area contributed by atoms with E-state index in [1.54, 1.807) is 42.5 Å². The molecule has 1 fully saturated rings. The summed E-state index contributed by atoms with van der Waals surface area (Å²) < 4.78 is 13.2. The number of rotatable bonds is 6. The molecule has 7 nitrogen and oxygen atoms in total. The molecule has 0 spiro atoms. The summed E-state index contributed by atoms with van der Waals surface area (Å²) in [5, 5.41) is 2.23. The van der Waals surface area contributed by atoms with Crippen LogP contribution < -0.4 is 19.7 Å². The Hall–Kier alpha value is -3.43. The van der Waals surface area contributed by atoms with Crippen LogP contribution in [-0.2, 0) is 16.2 Å². The van der Waals surface area contributed by atoms with Crippen LogP contribution in [0, 0.1) is 6.92 Å². The van der Waals surface area contributed by atoms with Gasteiger partial charge >= 0.3 is 6.03 Å². The third-order valence-corrected chi connectivity index (χ3v) is 6.52. The number of ether oxygens (including phenoxy) is 2. The second kappa shape index (κ2) is 10.5.